The number of nitrogens with one attached hydrogen (secondary N) is 2. The predicted molar refractivity (Wildman–Crippen MR) is 127 cm³/mol. The number of nitrogens with zero attached hydrogens (tertiary/aromatic N) is 3. The molecule has 3 atom stereocenters. The van der Waals surface area contributed by atoms with Crippen molar-refractivity contribution < 1.29 is 4.21 Å². The molecule has 0 bridgehead atoms. The van der Waals surface area contributed by atoms with Crippen molar-refractivity contribution in [1.82, 2.24) is 20.4 Å². The van der Waals surface area contributed by atoms with Gasteiger partial charge in [0.1, 0.15) is 0 Å². The molecule has 1 fully saturated rings. The van der Waals surface area contributed by atoms with Crippen LogP contribution >= 0.6 is 24.0 Å². The number of rotatable bonds is 6. The van der Waals surface area contributed by atoms with Gasteiger partial charge in [-0.25, -0.2) is 4.68 Å². The highest BCUT2D eigenvalue weighted by atomic mass is 127. The van der Waals surface area contributed by atoms with Gasteiger partial charge in [0.05, 0.1) is 5.69 Å². The molecule has 2 aromatic rings. The first kappa shape index (κ1) is 22.9. The number of hydrogen-bond acceptors (Lipinski definition) is 3. The van der Waals surface area contributed by atoms with E-state index in [0.29, 0.717) is 17.8 Å². The highest BCUT2D eigenvalue weighted by Crippen LogP contribution is 2.23. The highest BCUT2D eigenvalue weighted by Gasteiger charge is 2.26. The molecule has 0 radical (unpaired) electrons. The quantitative estimate of drug-likeness (QED) is 0.352. The van der Waals surface area contributed by atoms with Crippen LogP contribution in [0.2, 0.25) is 0 Å². The summed E-state index contributed by atoms with van der Waals surface area (Å²) in [6.07, 6.45) is 7.97. The molecule has 1 heterocycles. The lowest BCUT2D eigenvalue weighted by Crippen LogP contribution is -2.46. The molecule has 6 nitrogen and oxygen atoms in total. The molecule has 0 aliphatic heterocycles. The second kappa shape index (κ2) is 11.5. The molecule has 3 unspecified atom stereocenters. The van der Waals surface area contributed by atoms with Crippen LogP contribution in [0.15, 0.2) is 47.7 Å². The largest absolute Gasteiger partial charge is 0.354 e. The van der Waals surface area contributed by atoms with Gasteiger partial charge < -0.3 is 10.6 Å². The van der Waals surface area contributed by atoms with Crippen LogP contribution in [0.25, 0.3) is 5.69 Å². The number of aromatic nitrogens is 2. The van der Waals surface area contributed by atoms with E-state index in [1.807, 2.05) is 36.0 Å². The Kier molecular flexibility index (Phi) is 9.43. The first-order valence-corrected chi connectivity index (χ1v) is 11.0. The molecule has 3 rings (SSSR count). The zero-order valence-corrected chi connectivity index (χ0v) is 19.7. The molecule has 8 heteroatoms. The summed E-state index contributed by atoms with van der Waals surface area (Å²) < 4.78 is 14.0. The van der Waals surface area contributed by atoms with Crippen molar-refractivity contribution in [3.8, 4) is 5.69 Å². The second-order valence-corrected chi connectivity index (χ2v) is 8.81. The maximum Gasteiger partial charge on any atom is 0.191 e. The Bertz CT molecular complexity index is 781. The molecule has 0 amide bonds. The smallest absolute Gasteiger partial charge is 0.191 e. The number of guanidine groups is 1. The van der Waals surface area contributed by atoms with Gasteiger partial charge in [-0.15, -0.1) is 24.0 Å². The van der Waals surface area contributed by atoms with Gasteiger partial charge in [-0.3, -0.25) is 9.20 Å². The Morgan fingerprint density at radius 2 is 2.14 bits per heavy atom. The summed E-state index contributed by atoms with van der Waals surface area (Å²) in [6.45, 7) is 2.66. The zero-order valence-electron chi connectivity index (χ0n) is 16.5. The molecule has 1 aromatic carbocycles. The van der Waals surface area contributed by atoms with Crippen LogP contribution < -0.4 is 10.6 Å². The van der Waals surface area contributed by atoms with E-state index < -0.39 is 10.8 Å². The van der Waals surface area contributed by atoms with Crippen molar-refractivity contribution >= 4 is 40.7 Å². The Balaban J connectivity index is 0.00000280. The summed E-state index contributed by atoms with van der Waals surface area (Å²) in [6, 6.07) is 10.5. The van der Waals surface area contributed by atoms with Crippen molar-refractivity contribution in [2.75, 3.05) is 12.8 Å². The van der Waals surface area contributed by atoms with Gasteiger partial charge in [0.15, 0.2) is 5.96 Å². The van der Waals surface area contributed by atoms with Crippen LogP contribution in [0.1, 0.15) is 38.2 Å². The van der Waals surface area contributed by atoms with E-state index in [-0.39, 0.29) is 24.0 Å². The average molecular weight is 515 g/mol. The van der Waals surface area contributed by atoms with Crippen molar-refractivity contribution in [2.24, 2.45) is 4.99 Å². The fraction of sp³-hybridized carbons (Fsp3) is 0.500. The molecule has 1 aromatic heterocycles. The number of aliphatic imine (C=N–C) groups is 1. The van der Waals surface area contributed by atoms with E-state index in [2.05, 4.69) is 32.9 Å². The Morgan fingerprint density at radius 1 is 1.32 bits per heavy atom. The fourth-order valence-electron chi connectivity index (χ4n) is 3.61. The normalized spacial score (nSPS) is 20.9. The number of para-hydroxylation sites is 1. The monoisotopic (exact) mass is 515 g/mol. The molecule has 1 aliphatic carbocycles. The summed E-state index contributed by atoms with van der Waals surface area (Å²) in [7, 11) is 1.08. The maximum atomic E-state index is 12.2. The molecule has 154 valence electrons. The first-order chi connectivity index (χ1) is 13.2. The Labute approximate surface area is 187 Å². The van der Waals surface area contributed by atoms with Crippen molar-refractivity contribution in [3.63, 3.8) is 0 Å². The van der Waals surface area contributed by atoms with Crippen LogP contribution in [0.3, 0.4) is 0 Å². The van der Waals surface area contributed by atoms with Crippen LogP contribution in [0.5, 0.6) is 0 Å². The van der Waals surface area contributed by atoms with Gasteiger partial charge in [-0.2, -0.15) is 5.10 Å². The fourth-order valence-corrected chi connectivity index (χ4v) is 4.96. The van der Waals surface area contributed by atoms with E-state index in [9.17, 15) is 4.21 Å². The number of halogens is 1. The standard InChI is InChI=1S/C20H29N5OS.HI/c1-3-27(26)18-10-6-9-17(14-18)24-20(21-2)22-15-16-8-4-5-11-19(16)25-13-7-12-23-25;/h4-5,7-8,11-13,17-18H,3,6,9-10,14-15H2,1-2H3,(H2,21,22,24);1H. The van der Waals surface area contributed by atoms with Crippen molar-refractivity contribution in [1.29, 1.82) is 0 Å². The zero-order chi connectivity index (χ0) is 19.1. The van der Waals surface area contributed by atoms with Gasteiger partial charge in [-0.05, 0) is 37.0 Å². The molecule has 0 saturated heterocycles. The summed E-state index contributed by atoms with van der Waals surface area (Å²) in [5, 5.41) is 11.6. The molecule has 1 aliphatic rings. The topological polar surface area (TPSA) is 71.3 Å². The van der Waals surface area contributed by atoms with Crippen molar-refractivity contribution in [3.05, 3.63) is 48.3 Å². The van der Waals surface area contributed by atoms with E-state index >= 15 is 0 Å². The lowest BCUT2D eigenvalue weighted by Gasteiger charge is -2.30. The van der Waals surface area contributed by atoms with Gasteiger partial charge in [-0.1, -0.05) is 31.5 Å². The van der Waals surface area contributed by atoms with Gasteiger partial charge >= 0.3 is 0 Å². The third kappa shape index (κ3) is 6.04. The minimum atomic E-state index is -0.715. The van der Waals surface area contributed by atoms with Crippen LogP contribution in [-0.4, -0.2) is 44.0 Å². The van der Waals surface area contributed by atoms with Gasteiger partial charge in [0.2, 0.25) is 0 Å². The second-order valence-electron chi connectivity index (χ2n) is 6.80. The van der Waals surface area contributed by atoms with Crippen molar-refractivity contribution in [2.45, 2.75) is 50.4 Å². The lowest BCUT2D eigenvalue weighted by atomic mass is 9.95. The molecular formula is C20H30IN5OS. The minimum absolute atomic E-state index is 0. The SMILES string of the molecule is CCS(=O)C1CCCC(NC(=NC)NCc2ccccc2-n2cccn2)C1.I. The Morgan fingerprint density at radius 3 is 2.86 bits per heavy atom. The maximum absolute atomic E-state index is 12.2. The molecule has 2 N–H and O–H groups in total. The summed E-state index contributed by atoms with van der Waals surface area (Å²) in [4.78, 5) is 4.38. The van der Waals surface area contributed by atoms with Crippen LogP contribution in [0, 0.1) is 0 Å². The molecule has 28 heavy (non-hydrogen) atoms. The lowest BCUT2D eigenvalue weighted by molar-refractivity contribution is 0.413. The van der Waals surface area contributed by atoms with Gasteiger partial charge in [0.25, 0.3) is 0 Å². The van der Waals surface area contributed by atoms with E-state index in [1.165, 1.54) is 0 Å². The third-order valence-electron chi connectivity index (χ3n) is 5.04. The van der Waals surface area contributed by atoms with Crippen LogP contribution in [-0.2, 0) is 17.3 Å². The first-order valence-electron chi connectivity index (χ1n) is 9.63. The average Bonchev–Trinajstić information content (AvgIpc) is 3.25. The van der Waals surface area contributed by atoms with E-state index in [0.717, 1.165) is 48.6 Å². The Hall–Kier alpha value is -1.42. The number of hydrogen-bond donors (Lipinski definition) is 2. The van der Waals surface area contributed by atoms with E-state index in [1.54, 1.807) is 13.2 Å². The highest BCUT2D eigenvalue weighted by molar-refractivity contribution is 14.0. The minimum Gasteiger partial charge on any atom is -0.354 e. The number of benzene rings is 1. The summed E-state index contributed by atoms with van der Waals surface area (Å²) in [5.41, 5.74) is 2.21. The summed E-state index contributed by atoms with van der Waals surface area (Å²) >= 11 is 0. The molecule has 0 spiro atoms. The molecular weight excluding hydrogens is 485 g/mol. The van der Waals surface area contributed by atoms with E-state index in [4.69, 9.17) is 0 Å². The van der Waals surface area contributed by atoms with Crippen LogP contribution in [0.4, 0.5) is 0 Å². The predicted octanol–water partition coefficient (Wildman–Crippen LogP) is 3.24. The molecule has 1 saturated carbocycles. The third-order valence-corrected chi connectivity index (χ3v) is 6.78. The summed E-state index contributed by atoms with van der Waals surface area (Å²) in [5.74, 6) is 1.53. The van der Waals surface area contributed by atoms with Gasteiger partial charge in [0, 0.05) is 53.8 Å².